The SMILES string of the molecule is CC(C)c1ncc2c(n1)CCN(Cc1ccccc1F)C2. The third-order valence-electron chi connectivity index (χ3n) is 3.90. The van der Waals surface area contributed by atoms with E-state index in [0.29, 0.717) is 12.5 Å². The summed E-state index contributed by atoms with van der Waals surface area (Å²) in [6.07, 6.45) is 2.84. The van der Waals surface area contributed by atoms with Crippen LogP contribution in [0.3, 0.4) is 0 Å². The smallest absolute Gasteiger partial charge is 0.131 e. The topological polar surface area (TPSA) is 29.0 Å². The molecule has 0 radical (unpaired) electrons. The lowest BCUT2D eigenvalue weighted by Gasteiger charge is -2.28. The normalized spacial score (nSPS) is 15.2. The van der Waals surface area contributed by atoms with Crippen molar-refractivity contribution in [2.45, 2.75) is 39.3 Å². The number of aromatic nitrogens is 2. The Morgan fingerprint density at radius 1 is 1.29 bits per heavy atom. The number of nitrogens with zero attached hydrogens (tertiary/aromatic N) is 3. The first-order chi connectivity index (χ1) is 10.1. The minimum absolute atomic E-state index is 0.130. The first kappa shape index (κ1) is 14.1. The maximum atomic E-state index is 13.7. The van der Waals surface area contributed by atoms with Crippen LogP contribution in [0, 0.1) is 5.82 Å². The summed E-state index contributed by atoms with van der Waals surface area (Å²) in [5.41, 5.74) is 3.07. The van der Waals surface area contributed by atoms with Crippen LogP contribution in [0.1, 0.15) is 42.4 Å². The zero-order valence-corrected chi connectivity index (χ0v) is 12.5. The van der Waals surface area contributed by atoms with E-state index in [4.69, 9.17) is 0 Å². The van der Waals surface area contributed by atoms with Gasteiger partial charge in [-0.1, -0.05) is 32.0 Å². The van der Waals surface area contributed by atoms with Gasteiger partial charge in [0.05, 0.1) is 0 Å². The van der Waals surface area contributed by atoms with Gasteiger partial charge >= 0.3 is 0 Å². The second-order valence-electron chi connectivity index (χ2n) is 5.91. The Labute approximate surface area is 124 Å². The van der Waals surface area contributed by atoms with E-state index < -0.39 is 0 Å². The summed E-state index contributed by atoms with van der Waals surface area (Å²) in [7, 11) is 0. The van der Waals surface area contributed by atoms with E-state index in [1.54, 1.807) is 6.07 Å². The summed E-state index contributed by atoms with van der Waals surface area (Å²) < 4.78 is 13.7. The van der Waals surface area contributed by atoms with E-state index in [9.17, 15) is 4.39 Å². The molecule has 0 saturated heterocycles. The Morgan fingerprint density at radius 2 is 2.10 bits per heavy atom. The highest BCUT2D eigenvalue weighted by atomic mass is 19.1. The lowest BCUT2D eigenvalue weighted by Crippen LogP contribution is -2.31. The minimum atomic E-state index is -0.130. The molecule has 3 rings (SSSR count). The van der Waals surface area contributed by atoms with Gasteiger partial charge in [0.15, 0.2) is 0 Å². The van der Waals surface area contributed by atoms with Gasteiger partial charge in [0.2, 0.25) is 0 Å². The molecule has 1 aliphatic heterocycles. The summed E-state index contributed by atoms with van der Waals surface area (Å²) >= 11 is 0. The van der Waals surface area contributed by atoms with Gasteiger partial charge in [-0.15, -0.1) is 0 Å². The van der Waals surface area contributed by atoms with Gasteiger partial charge in [-0.2, -0.15) is 0 Å². The van der Waals surface area contributed by atoms with Crippen molar-refractivity contribution in [1.82, 2.24) is 14.9 Å². The molecule has 1 aromatic carbocycles. The van der Waals surface area contributed by atoms with Crippen LogP contribution in [-0.2, 0) is 19.5 Å². The first-order valence-electron chi connectivity index (χ1n) is 7.44. The molecule has 2 heterocycles. The Morgan fingerprint density at radius 3 is 2.86 bits per heavy atom. The summed E-state index contributed by atoms with van der Waals surface area (Å²) in [5, 5.41) is 0. The zero-order valence-electron chi connectivity index (χ0n) is 12.5. The van der Waals surface area contributed by atoms with Gasteiger partial charge in [0, 0.05) is 55.0 Å². The molecular formula is C17H20FN3. The monoisotopic (exact) mass is 285 g/mol. The summed E-state index contributed by atoms with van der Waals surface area (Å²) in [6, 6.07) is 6.98. The highest BCUT2D eigenvalue weighted by Crippen LogP contribution is 2.21. The molecule has 0 N–H and O–H groups in total. The fourth-order valence-electron chi connectivity index (χ4n) is 2.67. The van der Waals surface area contributed by atoms with E-state index >= 15 is 0 Å². The Balaban J connectivity index is 1.74. The molecular weight excluding hydrogens is 265 g/mol. The van der Waals surface area contributed by atoms with Crippen molar-refractivity contribution < 1.29 is 4.39 Å². The molecule has 0 aliphatic carbocycles. The van der Waals surface area contributed by atoms with E-state index in [1.807, 2.05) is 18.3 Å². The molecule has 2 aromatic rings. The average Bonchev–Trinajstić information content (AvgIpc) is 2.49. The molecule has 0 unspecified atom stereocenters. The fourth-order valence-corrected chi connectivity index (χ4v) is 2.67. The third kappa shape index (κ3) is 3.10. The van der Waals surface area contributed by atoms with Gasteiger partial charge in [0.25, 0.3) is 0 Å². The molecule has 110 valence electrons. The molecule has 0 atom stereocenters. The van der Waals surface area contributed by atoms with Crippen molar-refractivity contribution in [2.24, 2.45) is 0 Å². The van der Waals surface area contributed by atoms with Crippen LogP contribution in [0.4, 0.5) is 4.39 Å². The molecule has 1 aromatic heterocycles. The van der Waals surface area contributed by atoms with Crippen molar-refractivity contribution in [3.05, 3.63) is 58.9 Å². The number of fused-ring (bicyclic) bond motifs is 1. The van der Waals surface area contributed by atoms with Gasteiger partial charge in [-0.25, -0.2) is 14.4 Å². The predicted octanol–water partition coefficient (Wildman–Crippen LogP) is 3.30. The maximum Gasteiger partial charge on any atom is 0.131 e. The molecule has 0 spiro atoms. The van der Waals surface area contributed by atoms with Crippen LogP contribution >= 0.6 is 0 Å². The van der Waals surface area contributed by atoms with Gasteiger partial charge in [0.1, 0.15) is 11.6 Å². The lowest BCUT2D eigenvalue weighted by atomic mass is 10.1. The van der Waals surface area contributed by atoms with Crippen LogP contribution in [0.2, 0.25) is 0 Å². The van der Waals surface area contributed by atoms with Crippen LogP contribution in [0.15, 0.2) is 30.5 Å². The summed E-state index contributed by atoms with van der Waals surface area (Å²) in [5.74, 6) is 1.14. The molecule has 1 aliphatic rings. The predicted molar refractivity (Wildman–Crippen MR) is 80.3 cm³/mol. The largest absolute Gasteiger partial charge is 0.294 e. The number of benzene rings is 1. The molecule has 0 bridgehead atoms. The van der Waals surface area contributed by atoms with Crippen molar-refractivity contribution in [2.75, 3.05) is 6.54 Å². The summed E-state index contributed by atoms with van der Waals surface area (Å²) in [6.45, 7) is 6.56. The fraction of sp³-hybridized carbons (Fsp3) is 0.412. The Kier molecular flexibility index (Phi) is 3.97. The van der Waals surface area contributed by atoms with E-state index in [1.165, 1.54) is 11.6 Å². The molecule has 21 heavy (non-hydrogen) atoms. The average molecular weight is 285 g/mol. The maximum absolute atomic E-state index is 13.7. The van der Waals surface area contributed by atoms with Crippen LogP contribution in [0.25, 0.3) is 0 Å². The van der Waals surface area contributed by atoms with E-state index in [2.05, 4.69) is 28.7 Å². The van der Waals surface area contributed by atoms with Crippen LogP contribution in [0.5, 0.6) is 0 Å². The van der Waals surface area contributed by atoms with Crippen LogP contribution in [-0.4, -0.2) is 21.4 Å². The Bertz CT molecular complexity index is 640. The second kappa shape index (κ2) is 5.90. The number of halogens is 1. The minimum Gasteiger partial charge on any atom is -0.294 e. The van der Waals surface area contributed by atoms with E-state index in [0.717, 1.165) is 36.6 Å². The lowest BCUT2D eigenvalue weighted by molar-refractivity contribution is 0.239. The molecule has 4 heteroatoms. The van der Waals surface area contributed by atoms with E-state index in [-0.39, 0.29) is 5.82 Å². The number of rotatable bonds is 3. The standard InChI is InChI=1S/C17H20FN3/c1-12(2)17-19-9-14-11-21(8-7-16(14)20-17)10-13-5-3-4-6-15(13)18/h3-6,9,12H,7-8,10-11H2,1-2H3. The van der Waals surface area contributed by atoms with Crippen molar-refractivity contribution >= 4 is 0 Å². The number of hydrogen-bond donors (Lipinski definition) is 0. The number of hydrogen-bond acceptors (Lipinski definition) is 3. The van der Waals surface area contributed by atoms with Gasteiger partial charge in [-0.05, 0) is 6.07 Å². The first-order valence-corrected chi connectivity index (χ1v) is 7.44. The molecule has 0 fully saturated rings. The summed E-state index contributed by atoms with van der Waals surface area (Å²) in [4.78, 5) is 11.3. The second-order valence-corrected chi connectivity index (χ2v) is 5.91. The van der Waals surface area contributed by atoms with Crippen molar-refractivity contribution in [3.63, 3.8) is 0 Å². The van der Waals surface area contributed by atoms with Crippen LogP contribution < -0.4 is 0 Å². The zero-order chi connectivity index (χ0) is 14.8. The quantitative estimate of drug-likeness (QED) is 0.866. The molecule has 0 amide bonds. The Hall–Kier alpha value is -1.81. The van der Waals surface area contributed by atoms with Crippen molar-refractivity contribution in [3.8, 4) is 0 Å². The highest BCUT2D eigenvalue weighted by molar-refractivity contribution is 5.23. The van der Waals surface area contributed by atoms with Crippen molar-refractivity contribution in [1.29, 1.82) is 0 Å². The molecule has 0 saturated carbocycles. The van der Waals surface area contributed by atoms with Gasteiger partial charge < -0.3 is 0 Å². The molecule has 3 nitrogen and oxygen atoms in total. The van der Waals surface area contributed by atoms with Gasteiger partial charge in [-0.3, -0.25) is 4.90 Å². The third-order valence-corrected chi connectivity index (χ3v) is 3.90. The highest BCUT2D eigenvalue weighted by Gasteiger charge is 2.19.